The molecule has 0 unspecified atom stereocenters. The summed E-state index contributed by atoms with van der Waals surface area (Å²) < 4.78 is 26.4. The van der Waals surface area contributed by atoms with Gasteiger partial charge in [0.15, 0.2) is 0 Å². The van der Waals surface area contributed by atoms with Crippen molar-refractivity contribution in [1.29, 1.82) is 0 Å². The average molecular weight is 198 g/mol. The zero-order valence-electron chi connectivity index (χ0n) is 7.34. The first-order chi connectivity index (χ1) is 6.14. The second-order valence-corrected chi connectivity index (χ2v) is 5.48. The summed E-state index contributed by atoms with van der Waals surface area (Å²) in [6, 6.07) is 8.69. The van der Waals surface area contributed by atoms with Crippen molar-refractivity contribution in [3.63, 3.8) is 0 Å². The highest BCUT2D eigenvalue weighted by Crippen LogP contribution is 2.19. The minimum absolute atomic E-state index is 0.0696. The highest BCUT2D eigenvalue weighted by molar-refractivity contribution is 6.66. The Bertz CT molecular complexity index is 270. The van der Waals surface area contributed by atoms with Gasteiger partial charge < -0.3 is 0 Å². The van der Waals surface area contributed by atoms with Crippen molar-refractivity contribution in [1.82, 2.24) is 0 Å². The molecule has 0 nitrogen and oxygen atoms in total. The Kier molecular flexibility index (Phi) is 3.37. The molecule has 13 heavy (non-hydrogen) atoms. The fourth-order valence-corrected chi connectivity index (χ4v) is 2.58. The van der Waals surface area contributed by atoms with Crippen molar-refractivity contribution in [3.8, 4) is 0 Å². The lowest BCUT2D eigenvalue weighted by Crippen LogP contribution is -2.25. The Labute approximate surface area is 78.3 Å². The Balaban J connectivity index is 2.63. The molecule has 1 aromatic rings. The molecule has 0 aliphatic carbocycles. The third-order valence-corrected chi connectivity index (χ3v) is 3.56. The van der Waals surface area contributed by atoms with E-state index in [0.29, 0.717) is 0 Å². The van der Waals surface area contributed by atoms with Gasteiger partial charge in [-0.3, -0.25) is 8.22 Å². The van der Waals surface area contributed by atoms with Crippen molar-refractivity contribution in [3.05, 3.63) is 48.6 Å². The van der Waals surface area contributed by atoms with Crippen LogP contribution in [-0.2, 0) is 6.04 Å². The van der Waals surface area contributed by atoms with Crippen LogP contribution in [0.1, 0.15) is 5.56 Å². The normalized spacial score (nSPS) is 11.2. The Hall–Kier alpha value is -0.963. The van der Waals surface area contributed by atoms with Gasteiger partial charge in [0.25, 0.3) is 0 Å². The molecule has 0 saturated carbocycles. The molecule has 0 aliphatic rings. The van der Waals surface area contributed by atoms with Crippen LogP contribution in [0.5, 0.6) is 0 Å². The maximum atomic E-state index is 13.2. The molecule has 0 saturated heterocycles. The van der Waals surface area contributed by atoms with Crippen molar-refractivity contribution >= 4 is 8.74 Å². The quantitative estimate of drug-likeness (QED) is 0.395. The summed E-state index contributed by atoms with van der Waals surface area (Å²) in [6.07, 6.45) is 1.31. The lowest BCUT2D eigenvalue weighted by molar-refractivity contribution is 0.597. The van der Waals surface area contributed by atoms with Gasteiger partial charge in [0, 0.05) is 12.1 Å². The molecule has 0 heterocycles. The zero-order valence-corrected chi connectivity index (χ0v) is 8.34. The first-order valence-electron chi connectivity index (χ1n) is 4.17. The van der Waals surface area contributed by atoms with E-state index >= 15 is 0 Å². The summed E-state index contributed by atoms with van der Waals surface area (Å²) in [4.78, 5) is 0. The fourth-order valence-electron chi connectivity index (χ4n) is 1.18. The largest absolute Gasteiger partial charge is 0.432 e. The predicted octanol–water partition coefficient (Wildman–Crippen LogP) is 3.34. The van der Waals surface area contributed by atoms with Gasteiger partial charge in [0.05, 0.1) is 0 Å². The van der Waals surface area contributed by atoms with Crippen molar-refractivity contribution in [2.45, 2.75) is 12.1 Å². The van der Waals surface area contributed by atoms with Crippen LogP contribution < -0.4 is 0 Å². The van der Waals surface area contributed by atoms with E-state index in [1.54, 1.807) is 24.3 Å². The molecule has 1 aromatic carbocycles. The Morgan fingerprint density at radius 1 is 1.23 bits per heavy atom. The molecule has 0 N–H and O–H groups in total. The Morgan fingerprint density at radius 3 is 2.38 bits per heavy atom. The molecule has 0 aliphatic heterocycles. The highest BCUT2D eigenvalue weighted by Gasteiger charge is 2.33. The first kappa shape index (κ1) is 10.1. The molecule has 3 heteroatoms. The highest BCUT2D eigenvalue weighted by atomic mass is 28.4. The van der Waals surface area contributed by atoms with Crippen molar-refractivity contribution < 1.29 is 8.22 Å². The van der Waals surface area contributed by atoms with Gasteiger partial charge in [0.2, 0.25) is 0 Å². The van der Waals surface area contributed by atoms with Crippen LogP contribution in [0.3, 0.4) is 0 Å². The SMILES string of the molecule is C=CC[Si](F)(F)Cc1ccccc1. The standard InChI is InChI=1S/C10H12F2Si/c1-2-8-13(11,12)9-10-6-4-3-5-7-10/h2-7H,1,8-9H2. The third-order valence-electron chi connectivity index (χ3n) is 1.75. The maximum Gasteiger partial charge on any atom is 0.432 e. The maximum absolute atomic E-state index is 13.2. The van der Waals surface area contributed by atoms with E-state index in [1.165, 1.54) is 6.08 Å². The first-order valence-corrected chi connectivity index (χ1v) is 6.34. The van der Waals surface area contributed by atoms with E-state index in [2.05, 4.69) is 6.58 Å². The van der Waals surface area contributed by atoms with Gasteiger partial charge in [-0.2, -0.15) is 0 Å². The van der Waals surface area contributed by atoms with Gasteiger partial charge in [-0.25, -0.2) is 0 Å². The number of rotatable bonds is 4. The number of halogens is 2. The second-order valence-electron chi connectivity index (χ2n) is 3.01. The minimum Gasteiger partial charge on any atom is -0.270 e. The number of allylic oxidation sites excluding steroid dienone is 1. The molecule has 70 valence electrons. The predicted molar refractivity (Wildman–Crippen MR) is 53.1 cm³/mol. The lowest BCUT2D eigenvalue weighted by Gasteiger charge is -2.09. The zero-order chi connectivity index (χ0) is 9.73. The van der Waals surface area contributed by atoms with Crippen LogP contribution >= 0.6 is 0 Å². The van der Waals surface area contributed by atoms with Gasteiger partial charge in [0.1, 0.15) is 0 Å². The molecule has 0 fully saturated rings. The number of hydrogen-bond acceptors (Lipinski definition) is 0. The van der Waals surface area contributed by atoms with Crippen LogP contribution in [0.25, 0.3) is 0 Å². The van der Waals surface area contributed by atoms with Crippen molar-refractivity contribution in [2.24, 2.45) is 0 Å². The monoisotopic (exact) mass is 198 g/mol. The van der Waals surface area contributed by atoms with Crippen LogP contribution in [0.15, 0.2) is 43.0 Å². The van der Waals surface area contributed by atoms with Crippen LogP contribution in [0.2, 0.25) is 6.04 Å². The third kappa shape index (κ3) is 3.50. The van der Waals surface area contributed by atoms with Gasteiger partial charge in [-0.05, 0) is 5.56 Å². The molecule has 0 spiro atoms. The summed E-state index contributed by atoms with van der Waals surface area (Å²) >= 11 is 0. The number of hydrogen-bond donors (Lipinski definition) is 0. The molecule has 0 bridgehead atoms. The molecular formula is C10H12F2Si. The lowest BCUT2D eigenvalue weighted by atomic mass is 10.2. The summed E-state index contributed by atoms with van der Waals surface area (Å²) in [5.41, 5.74) is 0.723. The second kappa shape index (κ2) is 4.32. The molecule has 0 atom stereocenters. The average Bonchev–Trinajstić information content (AvgIpc) is 2.04. The number of benzene rings is 1. The van der Waals surface area contributed by atoms with E-state index in [-0.39, 0.29) is 12.1 Å². The summed E-state index contributed by atoms with van der Waals surface area (Å²) in [7, 11) is -4.06. The molecule has 0 amide bonds. The molecular weight excluding hydrogens is 186 g/mol. The summed E-state index contributed by atoms with van der Waals surface area (Å²) in [5, 5.41) is 0. The van der Waals surface area contributed by atoms with Crippen LogP contribution in [0.4, 0.5) is 8.22 Å². The van der Waals surface area contributed by atoms with Gasteiger partial charge in [-0.1, -0.05) is 36.4 Å². The Morgan fingerprint density at radius 2 is 1.85 bits per heavy atom. The van der Waals surface area contributed by atoms with E-state index < -0.39 is 8.74 Å². The van der Waals surface area contributed by atoms with E-state index in [4.69, 9.17) is 0 Å². The summed E-state index contributed by atoms with van der Waals surface area (Å²) in [5.74, 6) is 0. The fraction of sp³-hybridized carbons (Fsp3) is 0.200. The van der Waals surface area contributed by atoms with E-state index in [1.807, 2.05) is 6.07 Å². The molecule has 0 aromatic heterocycles. The minimum atomic E-state index is -4.06. The van der Waals surface area contributed by atoms with Crippen LogP contribution in [-0.4, -0.2) is 8.74 Å². The van der Waals surface area contributed by atoms with Crippen molar-refractivity contribution in [2.75, 3.05) is 0 Å². The van der Waals surface area contributed by atoms with Crippen LogP contribution in [0, 0.1) is 0 Å². The van der Waals surface area contributed by atoms with E-state index in [0.717, 1.165) is 5.56 Å². The molecule has 0 radical (unpaired) electrons. The molecule has 1 rings (SSSR count). The topological polar surface area (TPSA) is 0 Å². The van der Waals surface area contributed by atoms with Gasteiger partial charge >= 0.3 is 8.74 Å². The van der Waals surface area contributed by atoms with Gasteiger partial charge in [-0.15, -0.1) is 6.58 Å². The summed E-state index contributed by atoms with van der Waals surface area (Å²) in [6.45, 7) is 3.34. The van der Waals surface area contributed by atoms with E-state index in [9.17, 15) is 8.22 Å². The smallest absolute Gasteiger partial charge is 0.270 e.